The van der Waals surface area contributed by atoms with E-state index in [9.17, 15) is 17.6 Å². The van der Waals surface area contributed by atoms with E-state index in [1.54, 1.807) is 6.92 Å². The van der Waals surface area contributed by atoms with Crippen molar-refractivity contribution < 1.29 is 22.7 Å². The summed E-state index contributed by atoms with van der Waals surface area (Å²) in [7, 11) is -3.98. The zero-order valence-electron chi connectivity index (χ0n) is 9.05. The third kappa shape index (κ3) is 3.01. The maximum absolute atomic E-state index is 13.6. The molecule has 94 valence electrons. The lowest BCUT2D eigenvalue weighted by Gasteiger charge is -2.11. The molecule has 1 unspecified atom stereocenters. The molecule has 0 heterocycles. The van der Waals surface area contributed by atoms with Crippen molar-refractivity contribution in [3.05, 3.63) is 29.6 Å². The molecule has 1 aromatic carbocycles. The van der Waals surface area contributed by atoms with Gasteiger partial charge in [-0.2, -0.15) is 0 Å². The fraction of sp³-hybridized carbons (Fsp3) is 0.300. The molecular formula is C10H12FNO4S. The highest BCUT2D eigenvalue weighted by molar-refractivity contribution is 7.89. The number of nitrogens with two attached hydrogens (primary N) is 1. The molecule has 0 aromatic heterocycles. The summed E-state index contributed by atoms with van der Waals surface area (Å²) in [5.41, 5.74) is -0.0487. The Bertz CT molecular complexity index is 541. The van der Waals surface area contributed by atoms with E-state index in [0.29, 0.717) is 0 Å². The molecule has 0 bridgehead atoms. The van der Waals surface area contributed by atoms with Gasteiger partial charge in [-0.15, -0.1) is 0 Å². The third-order valence-electron chi connectivity index (χ3n) is 2.38. The Morgan fingerprint density at radius 2 is 2.12 bits per heavy atom. The van der Waals surface area contributed by atoms with Gasteiger partial charge < -0.3 is 5.11 Å². The normalized spacial score (nSPS) is 13.4. The van der Waals surface area contributed by atoms with Crippen LogP contribution in [0.1, 0.15) is 24.8 Å². The number of hydrogen-bond donors (Lipinski definition) is 2. The maximum Gasteiger partial charge on any atom is 0.311 e. The number of aliphatic carboxylic acids is 1. The summed E-state index contributed by atoms with van der Waals surface area (Å²) in [6.45, 7) is 1.60. The minimum atomic E-state index is -3.98. The SMILES string of the molecule is CCC(C(=O)O)c1ccc(S(N)(=O)=O)cc1F. The first-order valence-corrected chi connectivity index (χ1v) is 6.37. The number of carboxylic acid groups (broad SMARTS) is 1. The predicted molar refractivity (Wildman–Crippen MR) is 58.4 cm³/mol. The van der Waals surface area contributed by atoms with Crippen LogP contribution in [0.15, 0.2) is 23.1 Å². The summed E-state index contributed by atoms with van der Waals surface area (Å²) in [6, 6.07) is 2.97. The molecule has 0 saturated carbocycles. The average molecular weight is 261 g/mol. The molecule has 0 radical (unpaired) electrons. The third-order valence-corrected chi connectivity index (χ3v) is 3.29. The van der Waals surface area contributed by atoms with Crippen LogP contribution >= 0.6 is 0 Å². The molecule has 1 aromatic rings. The number of benzene rings is 1. The van der Waals surface area contributed by atoms with Gasteiger partial charge in [0.2, 0.25) is 10.0 Å². The number of rotatable bonds is 4. The molecule has 17 heavy (non-hydrogen) atoms. The lowest BCUT2D eigenvalue weighted by atomic mass is 9.96. The smallest absolute Gasteiger partial charge is 0.311 e. The molecule has 1 atom stereocenters. The van der Waals surface area contributed by atoms with Crippen LogP contribution in [0.2, 0.25) is 0 Å². The molecule has 1 rings (SSSR count). The van der Waals surface area contributed by atoms with Crippen LogP contribution in [0.5, 0.6) is 0 Å². The lowest BCUT2D eigenvalue weighted by molar-refractivity contribution is -0.138. The number of hydrogen-bond acceptors (Lipinski definition) is 3. The van der Waals surface area contributed by atoms with Crippen molar-refractivity contribution in [1.82, 2.24) is 0 Å². The van der Waals surface area contributed by atoms with Gasteiger partial charge in [-0.05, 0) is 18.6 Å². The average Bonchev–Trinajstić information content (AvgIpc) is 2.19. The van der Waals surface area contributed by atoms with Crippen LogP contribution < -0.4 is 5.14 Å². The molecule has 0 aliphatic carbocycles. The number of sulfonamides is 1. The molecule has 0 spiro atoms. The second-order valence-corrected chi connectivity index (χ2v) is 5.09. The molecule has 0 amide bonds. The Kier molecular flexibility index (Phi) is 3.84. The van der Waals surface area contributed by atoms with Crippen molar-refractivity contribution in [1.29, 1.82) is 0 Å². The summed E-state index contributed by atoms with van der Waals surface area (Å²) >= 11 is 0. The summed E-state index contributed by atoms with van der Waals surface area (Å²) in [6.07, 6.45) is 0.209. The van der Waals surface area contributed by atoms with Crippen LogP contribution in [0.25, 0.3) is 0 Å². The van der Waals surface area contributed by atoms with E-state index in [0.717, 1.165) is 18.2 Å². The van der Waals surface area contributed by atoms with Gasteiger partial charge >= 0.3 is 5.97 Å². The second-order valence-electron chi connectivity index (χ2n) is 3.53. The first-order chi connectivity index (χ1) is 7.77. The van der Waals surface area contributed by atoms with Crippen molar-refractivity contribution >= 4 is 16.0 Å². The van der Waals surface area contributed by atoms with Crippen molar-refractivity contribution in [3.63, 3.8) is 0 Å². The summed E-state index contributed by atoms with van der Waals surface area (Å²) < 4.78 is 35.5. The van der Waals surface area contributed by atoms with Gasteiger partial charge in [-0.25, -0.2) is 17.9 Å². The zero-order chi connectivity index (χ0) is 13.2. The van der Waals surface area contributed by atoms with Gasteiger partial charge in [0.25, 0.3) is 0 Å². The van der Waals surface area contributed by atoms with Crippen molar-refractivity contribution in [2.24, 2.45) is 5.14 Å². The Hall–Kier alpha value is -1.47. The Labute approximate surface area is 98.1 Å². The highest BCUT2D eigenvalue weighted by Gasteiger charge is 2.22. The van der Waals surface area contributed by atoms with E-state index < -0.39 is 27.7 Å². The van der Waals surface area contributed by atoms with E-state index >= 15 is 0 Å². The minimum absolute atomic E-state index is 0.0487. The van der Waals surface area contributed by atoms with Gasteiger partial charge in [0, 0.05) is 5.56 Å². The van der Waals surface area contributed by atoms with Crippen LogP contribution in [0, 0.1) is 5.82 Å². The molecule has 0 aliphatic heterocycles. The number of primary sulfonamides is 1. The summed E-state index contributed by atoms with van der Waals surface area (Å²) in [4.78, 5) is 10.5. The summed E-state index contributed by atoms with van der Waals surface area (Å²) in [5, 5.41) is 13.7. The van der Waals surface area contributed by atoms with Gasteiger partial charge in [0.05, 0.1) is 10.8 Å². The fourth-order valence-corrected chi connectivity index (χ4v) is 2.02. The molecule has 0 aliphatic rings. The van der Waals surface area contributed by atoms with E-state index in [2.05, 4.69) is 0 Å². The van der Waals surface area contributed by atoms with Crippen molar-refractivity contribution in [2.75, 3.05) is 0 Å². The molecule has 3 N–H and O–H groups in total. The first-order valence-electron chi connectivity index (χ1n) is 4.82. The molecular weight excluding hydrogens is 249 g/mol. The van der Waals surface area contributed by atoms with Crippen LogP contribution in [-0.2, 0) is 14.8 Å². The number of carbonyl (C=O) groups is 1. The highest BCUT2D eigenvalue weighted by atomic mass is 32.2. The molecule has 7 heteroatoms. The Balaban J connectivity index is 3.27. The van der Waals surface area contributed by atoms with Crippen molar-refractivity contribution in [3.8, 4) is 0 Å². The van der Waals surface area contributed by atoms with Crippen LogP contribution in [-0.4, -0.2) is 19.5 Å². The van der Waals surface area contributed by atoms with E-state index in [-0.39, 0.29) is 16.9 Å². The number of halogens is 1. The van der Waals surface area contributed by atoms with E-state index in [1.165, 1.54) is 0 Å². The highest BCUT2D eigenvalue weighted by Crippen LogP contribution is 2.24. The molecule has 0 saturated heterocycles. The fourth-order valence-electron chi connectivity index (χ4n) is 1.49. The van der Waals surface area contributed by atoms with Crippen LogP contribution in [0.3, 0.4) is 0 Å². The quantitative estimate of drug-likeness (QED) is 0.846. The topological polar surface area (TPSA) is 97.5 Å². The Morgan fingerprint density at radius 3 is 2.47 bits per heavy atom. The van der Waals surface area contributed by atoms with Gasteiger partial charge in [0.15, 0.2) is 0 Å². The largest absolute Gasteiger partial charge is 0.481 e. The van der Waals surface area contributed by atoms with Gasteiger partial charge in [-0.1, -0.05) is 13.0 Å². The monoisotopic (exact) mass is 261 g/mol. The number of carboxylic acids is 1. The lowest BCUT2D eigenvalue weighted by Crippen LogP contribution is -2.15. The standard InChI is InChI=1S/C10H12FNO4S/c1-2-7(10(13)14)8-4-3-6(5-9(8)11)17(12,15)16/h3-5,7H,2H2,1H3,(H,13,14)(H2,12,15,16). The minimum Gasteiger partial charge on any atom is -0.481 e. The Morgan fingerprint density at radius 1 is 1.53 bits per heavy atom. The van der Waals surface area contributed by atoms with Gasteiger partial charge in [0.1, 0.15) is 5.82 Å². The zero-order valence-corrected chi connectivity index (χ0v) is 9.87. The van der Waals surface area contributed by atoms with E-state index in [1.807, 2.05) is 0 Å². The predicted octanol–water partition coefficient (Wildman–Crippen LogP) is 1.05. The van der Waals surface area contributed by atoms with Gasteiger partial charge in [-0.3, -0.25) is 4.79 Å². The molecule has 0 fully saturated rings. The van der Waals surface area contributed by atoms with Crippen LogP contribution in [0.4, 0.5) is 4.39 Å². The summed E-state index contributed by atoms with van der Waals surface area (Å²) in [5.74, 6) is -3.04. The molecule has 5 nitrogen and oxygen atoms in total. The second kappa shape index (κ2) is 4.80. The van der Waals surface area contributed by atoms with E-state index in [4.69, 9.17) is 10.2 Å². The maximum atomic E-state index is 13.6. The first kappa shape index (κ1) is 13.6. The van der Waals surface area contributed by atoms with Crippen molar-refractivity contribution in [2.45, 2.75) is 24.2 Å².